The van der Waals surface area contributed by atoms with Crippen molar-refractivity contribution in [1.82, 2.24) is 5.32 Å². The predicted molar refractivity (Wildman–Crippen MR) is 79.0 cm³/mol. The van der Waals surface area contributed by atoms with Crippen LogP contribution in [-0.2, 0) is 0 Å². The Balaban J connectivity index is 2.05. The van der Waals surface area contributed by atoms with Gasteiger partial charge in [0.15, 0.2) is 0 Å². The van der Waals surface area contributed by atoms with E-state index in [4.69, 9.17) is 9.15 Å². The smallest absolute Gasteiger partial charge is 0.119 e. The second-order valence-corrected chi connectivity index (χ2v) is 5.33. The molecule has 0 aliphatic rings. The van der Waals surface area contributed by atoms with E-state index in [1.54, 1.807) is 25.1 Å². The van der Waals surface area contributed by atoms with Crippen molar-refractivity contribution < 1.29 is 9.15 Å². The van der Waals surface area contributed by atoms with E-state index in [0.717, 1.165) is 17.3 Å². The van der Waals surface area contributed by atoms with Crippen molar-refractivity contribution in [2.75, 3.05) is 19.9 Å². The lowest BCUT2D eigenvalue weighted by molar-refractivity contribution is 0.413. The van der Waals surface area contributed by atoms with Crippen molar-refractivity contribution in [2.45, 2.75) is 17.9 Å². The monoisotopic (exact) mass is 277 g/mol. The first-order valence-electron chi connectivity index (χ1n) is 6.22. The first-order chi connectivity index (χ1) is 9.24. The maximum Gasteiger partial charge on any atom is 0.119 e. The van der Waals surface area contributed by atoms with E-state index in [1.165, 1.54) is 10.5 Å². The van der Waals surface area contributed by atoms with E-state index in [9.17, 15) is 0 Å². The number of furan rings is 1. The van der Waals surface area contributed by atoms with Gasteiger partial charge in [-0.3, -0.25) is 0 Å². The van der Waals surface area contributed by atoms with Crippen molar-refractivity contribution in [3.8, 4) is 5.75 Å². The van der Waals surface area contributed by atoms with Gasteiger partial charge in [0, 0.05) is 16.7 Å². The van der Waals surface area contributed by atoms with Gasteiger partial charge >= 0.3 is 0 Å². The molecule has 1 atom stereocenters. The quantitative estimate of drug-likeness (QED) is 0.817. The number of ether oxygens (including phenoxy) is 1. The lowest BCUT2D eigenvalue weighted by atomic mass is 10.1. The highest BCUT2D eigenvalue weighted by Gasteiger charge is 2.12. The number of nitrogens with one attached hydrogen (secondary N) is 1. The SMILES string of the molecule is CNC(CSc1ccoc1C)c1cccc(OC)c1. The van der Waals surface area contributed by atoms with Crippen LogP contribution in [0.25, 0.3) is 0 Å². The summed E-state index contributed by atoms with van der Waals surface area (Å²) in [5.74, 6) is 2.82. The maximum absolute atomic E-state index is 5.31. The Bertz CT molecular complexity index is 524. The predicted octanol–water partition coefficient (Wildman–Crippen LogP) is 3.65. The summed E-state index contributed by atoms with van der Waals surface area (Å²) in [6.45, 7) is 1.99. The number of hydrogen-bond acceptors (Lipinski definition) is 4. The van der Waals surface area contributed by atoms with Gasteiger partial charge in [0.2, 0.25) is 0 Å². The van der Waals surface area contributed by atoms with Crippen LogP contribution < -0.4 is 10.1 Å². The lowest BCUT2D eigenvalue weighted by Crippen LogP contribution is -2.18. The Labute approximate surface area is 118 Å². The lowest BCUT2D eigenvalue weighted by Gasteiger charge is -2.16. The Morgan fingerprint density at radius 1 is 1.37 bits per heavy atom. The molecule has 0 aliphatic heterocycles. The molecule has 102 valence electrons. The standard InChI is InChI=1S/C15H19NO2S/c1-11-15(7-8-18-11)19-10-14(16-2)12-5-4-6-13(9-12)17-3/h4-9,14,16H,10H2,1-3H3. The normalized spacial score (nSPS) is 12.4. The molecule has 0 fully saturated rings. The molecular formula is C15H19NO2S. The van der Waals surface area contributed by atoms with Gasteiger partial charge in [-0.15, -0.1) is 11.8 Å². The van der Waals surface area contributed by atoms with Gasteiger partial charge in [0.1, 0.15) is 11.5 Å². The highest BCUT2D eigenvalue weighted by molar-refractivity contribution is 7.99. The van der Waals surface area contributed by atoms with Crippen LogP contribution >= 0.6 is 11.8 Å². The molecule has 0 spiro atoms. The number of hydrogen-bond donors (Lipinski definition) is 1. The van der Waals surface area contributed by atoms with Crippen LogP contribution in [0.2, 0.25) is 0 Å². The number of rotatable bonds is 6. The van der Waals surface area contributed by atoms with Crippen LogP contribution in [0.1, 0.15) is 17.4 Å². The molecule has 2 rings (SSSR count). The van der Waals surface area contributed by atoms with Gasteiger partial charge in [-0.2, -0.15) is 0 Å². The van der Waals surface area contributed by atoms with E-state index in [-0.39, 0.29) is 6.04 Å². The summed E-state index contributed by atoms with van der Waals surface area (Å²) in [6, 6.07) is 10.5. The molecule has 4 heteroatoms. The van der Waals surface area contributed by atoms with Crippen LogP contribution in [0.15, 0.2) is 45.9 Å². The highest BCUT2D eigenvalue weighted by Crippen LogP contribution is 2.28. The van der Waals surface area contributed by atoms with Crippen molar-refractivity contribution in [3.05, 3.63) is 47.9 Å². The Morgan fingerprint density at radius 2 is 2.21 bits per heavy atom. The summed E-state index contributed by atoms with van der Waals surface area (Å²) >= 11 is 1.80. The number of benzene rings is 1. The van der Waals surface area contributed by atoms with Gasteiger partial charge in [0.25, 0.3) is 0 Å². The molecule has 0 bridgehead atoms. The van der Waals surface area contributed by atoms with Gasteiger partial charge in [-0.05, 0) is 37.7 Å². The summed E-state index contributed by atoms with van der Waals surface area (Å²) < 4.78 is 10.6. The van der Waals surface area contributed by atoms with Crippen LogP contribution in [0.3, 0.4) is 0 Å². The summed E-state index contributed by atoms with van der Waals surface area (Å²) in [6.07, 6.45) is 1.73. The third-order valence-electron chi connectivity index (χ3n) is 3.06. The van der Waals surface area contributed by atoms with Gasteiger partial charge in [-0.25, -0.2) is 0 Å². The average Bonchev–Trinajstić information content (AvgIpc) is 2.85. The minimum absolute atomic E-state index is 0.286. The van der Waals surface area contributed by atoms with Crippen molar-refractivity contribution in [2.24, 2.45) is 0 Å². The topological polar surface area (TPSA) is 34.4 Å². The van der Waals surface area contributed by atoms with E-state index >= 15 is 0 Å². The van der Waals surface area contributed by atoms with E-state index in [0.29, 0.717) is 0 Å². The van der Waals surface area contributed by atoms with Crippen LogP contribution in [0.5, 0.6) is 5.75 Å². The molecule has 0 saturated carbocycles. The molecule has 1 heterocycles. The minimum atomic E-state index is 0.286. The van der Waals surface area contributed by atoms with Crippen LogP contribution in [-0.4, -0.2) is 19.9 Å². The Hall–Kier alpha value is -1.39. The average molecular weight is 277 g/mol. The third-order valence-corrected chi connectivity index (χ3v) is 4.30. The molecule has 2 aromatic rings. The molecule has 1 aromatic heterocycles. The fourth-order valence-electron chi connectivity index (χ4n) is 1.90. The summed E-state index contributed by atoms with van der Waals surface area (Å²) in [5.41, 5.74) is 1.23. The van der Waals surface area contributed by atoms with Crippen molar-refractivity contribution in [3.63, 3.8) is 0 Å². The van der Waals surface area contributed by atoms with Gasteiger partial charge in [0.05, 0.1) is 13.4 Å². The van der Waals surface area contributed by atoms with Gasteiger partial charge in [-0.1, -0.05) is 12.1 Å². The molecule has 1 aromatic carbocycles. The molecule has 19 heavy (non-hydrogen) atoms. The first-order valence-corrected chi connectivity index (χ1v) is 7.21. The molecule has 0 saturated heterocycles. The summed E-state index contributed by atoms with van der Waals surface area (Å²) in [5, 5.41) is 3.34. The molecular weight excluding hydrogens is 258 g/mol. The molecule has 3 nitrogen and oxygen atoms in total. The summed E-state index contributed by atoms with van der Waals surface area (Å²) in [4.78, 5) is 1.20. The zero-order chi connectivity index (χ0) is 13.7. The second-order valence-electron chi connectivity index (χ2n) is 4.27. The zero-order valence-electron chi connectivity index (χ0n) is 11.5. The Kier molecular flexibility index (Phi) is 4.93. The minimum Gasteiger partial charge on any atom is -0.497 e. The number of methoxy groups -OCH3 is 1. The number of aryl methyl sites for hydroxylation is 1. The van der Waals surface area contributed by atoms with Gasteiger partial charge < -0.3 is 14.5 Å². The fraction of sp³-hybridized carbons (Fsp3) is 0.333. The largest absolute Gasteiger partial charge is 0.497 e. The van der Waals surface area contributed by atoms with E-state index < -0.39 is 0 Å². The summed E-state index contributed by atoms with van der Waals surface area (Å²) in [7, 11) is 3.67. The Morgan fingerprint density at radius 3 is 2.84 bits per heavy atom. The molecule has 0 radical (unpaired) electrons. The third kappa shape index (κ3) is 3.55. The first kappa shape index (κ1) is 14.0. The molecule has 0 amide bonds. The molecule has 1 N–H and O–H groups in total. The zero-order valence-corrected chi connectivity index (χ0v) is 12.3. The molecule has 1 unspecified atom stereocenters. The maximum atomic E-state index is 5.31. The van der Waals surface area contributed by atoms with Crippen molar-refractivity contribution in [1.29, 1.82) is 0 Å². The van der Waals surface area contributed by atoms with E-state index in [1.807, 2.05) is 32.2 Å². The fourth-order valence-corrected chi connectivity index (χ4v) is 3.01. The number of thioether (sulfide) groups is 1. The van der Waals surface area contributed by atoms with E-state index in [2.05, 4.69) is 17.4 Å². The highest BCUT2D eigenvalue weighted by atomic mass is 32.2. The second kappa shape index (κ2) is 6.68. The van der Waals surface area contributed by atoms with Crippen LogP contribution in [0, 0.1) is 6.92 Å². The van der Waals surface area contributed by atoms with Crippen LogP contribution in [0.4, 0.5) is 0 Å². The van der Waals surface area contributed by atoms with Crippen molar-refractivity contribution >= 4 is 11.8 Å². The molecule has 0 aliphatic carbocycles.